The third-order valence-corrected chi connectivity index (χ3v) is 4.89. The van der Waals surface area contributed by atoms with Crippen LogP contribution in [-0.4, -0.2) is 11.0 Å². The van der Waals surface area contributed by atoms with Crippen molar-refractivity contribution in [2.24, 2.45) is 5.73 Å². The van der Waals surface area contributed by atoms with Gasteiger partial charge in [0.25, 0.3) is 0 Å². The van der Waals surface area contributed by atoms with E-state index in [0.29, 0.717) is 17.7 Å². The quantitative estimate of drug-likeness (QED) is 0.478. The molecule has 0 atom stereocenters. The molecule has 4 rings (SSSR count). The van der Waals surface area contributed by atoms with Crippen molar-refractivity contribution in [2.45, 2.75) is 6.42 Å². The van der Waals surface area contributed by atoms with Crippen LogP contribution in [0.2, 0.25) is 5.02 Å². The molecule has 3 aromatic carbocycles. The molecule has 1 amide bonds. The number of carbonyl (C=O) groups is 1. The highest BCUT2D eigenvalue weighted by molar-refractivity contribution is 6.32. The normalized spacial score (nSPS) is 11.9. The summed E-state index contributed by atoms with van der Waals surface area (Å²) in [6.07, 6.45) is 0.630. The Morgan fingerprint density at radius 2 is 1.80 bits per heavy atom. The monoisotopic (exact) mass is 350 g/mol. The van der Waals surface area contributed by atoms with Gasteiger partial charge in [0.1, 0.15) is 5.75 Å². The van der Waals surface area contributed by atoms with Crippen molar-refractivity contribution in [3.05, 3.63) is 70.2 Å². The number of carbonyl (C=O) groups excluding carboxylic acids is 1. The van der Waals surface area contributed by atoms with Gasteiger partial charge in [-0.2, -0.15) is 0 Å². The first-order valence-corrected chi connectivity index (χ1v) is 8.16. The second-order valence-electron chi connectivity index (χ2n) is 6.17. The summed E-state index contributed by atoms with van der Waals surface area (Å²) < 4.78 is 0. The summed E-state index contributed by atoms with van der Waals surface area (Å²) in [4.78, 5) is 12.0. The van der Waals surface area contributed by atoms with Crippen LogP contribution < -0.4 is 11.5 Å². The fourth-order valence-electron chi connectivity index (χ4n) is 3.39. The van der Waals surface area contributed by atoms with E-state index >= 15 is 0 Å². The Labute approximate surface area is 149 Å². The van der Waals surface area contributed by atoms with Crippen LogP contribution in [0.25, 0.3) is 22.3 Å². The van der Waals surface area contributed by atoms with E-state index in [1.165, 1.54) is 6.07 Å². The molecular weight excluding hydrogens is 336 g/mol. The minimum Gasteiger partial charge on any atom is -0.506 e. The first-order valence-electron chi connectivity index (χ1n) is 7.78. The maximum atomic E-state index is 12.0. The van der Waals surface area contributed by atoms with Gasteiger partial charge in [-0.3, -0.25) is 4.79 Å². The van der Waals surface area contributed by atoms with Crippen molar-refractivity contribution < 1.29 is 9.90 Å². The van der Waals surface area contributed by atoms with E-state index in [2.05, 4.69) is 0 Å². The molecule has 0 aliphatic heterocycles. The zero-order valence-electron chi connectivity index (χ0n) is 13.2. The molecule has 0 spiro atoms. The summed E-state index contributed by atoms with van der Waals surface area (Å²) in [5.74, 6) is -0.453. The number of phenols is 1. The molecule has 0 fully saturated rings. The molecule has 3 aromatic rings. The molecule has 0 radical (unpaired) electrons. The molecule has 0 heterocycles. The molecular formula is C20H15ClN2O2. The maximum Gasteiger partial charge on any atom is 0.249 e. The molecule has 0 aromatic heterocycles. The number of aromatic hydroxyl groups is 1. The number of hydrogen-bond acceptors (Lipinski definition) is 3. The summed E-state index contributed by atoms with van der Waals surface area (Å²) >= 11 is 6.03. The minimum atomic E-state index is -0.469. The average Bonchev–Trinajstić information content (AvgIpc) is 2.93. The number of phenolic OH excluding ortho intramolecular Hbond substituents is 1. The van der Waals surface area contributed by atoms with Crippen LogP contribution in [0.15, 0.2) is 48.5 Å². The van der Waals surface area contributed by atoms with E-state index in [1.54, 1.807) is 18.2 Å². The van der Waals surface area contributed by atoms with Gasteiger partial charge in [-0.1, -0.05) is 23.7 Å². The minimum absolute atomic E-state index is 0.0162. The lowest BCUT2D eigenvalue weighted by atomic mass is 9.94. The lowest BCUT2D eigenvalue weighted by molar-refractivity contribution is 0.0999. The number of nitrogens with two attached hydrogens (primary N) is 2. The van der Waals surface area contributed by atoms with Gasteiger partial charge in [-0.05, 0) is 76.2 Å². The van der Waals surface area contributed by atoms with Crippen molar-refractivity contribution in [3.63, 3.8) is 0 Å². The number of primary amides is 1. The molecule has 0 saturated heterocycles. The Morgan fingerprint density at radius 3 is 2.52 bits per heavy atom. The van der Waals surface area contributed by atoms with E-state index < -0.39 is 5.91 Å². The molecule has 4 nitrogen and oxygen atoms in total. The predicted octanol–water partition coefficient (Wildman–Crippen LogP) is 3.96. The standard InChI is InChI=1S/C20H15ClN2O2/c21-18-9-10(1-4-19(18)24)11-6-15-14-3-2-13(22)5-12(14)8-16(15)17(7-11)20(23)25/h1-7,9,24H,8,22H2,(H2,23,25). The van der Waals surface area contributed by atoms with Crippen molar-refractivity contribution in [1.82, 2.24) is 0 Å². The second-order valence-corrected chi connectivity index (χ2v) is 6.58. The lowest BCUT2D eigenvalue weighted by Crippen LogP contribution is -2.13. The van der Waals surface area contributed by atoms with Crippen LogP contribution in [-0.2, 0) is 6.42 Å². The fraction of sp³-hybridized carbons (Fsp3) is 0.0500. The number of halogens is 1. The van der Waals surface area contributed by atoms with Crippen molar-refractivity contribution in [2.75, 3.05) is 5.73 Å². The predicted molar refractivity (Wildman–Crippen MR) is 99.7 cm³/mol. The van der Waals surface area contributed by atoms with Crippen LogP contribution in [0.1, 0.15) is 21.5 Å². The SMILES string of the molecule is NC(=O)c1cc(-c2ccc(O)c(Cl)c2)cc2c1Cc1cc(N)ccc1-2. The van der Waals surface area contributed by atoms with Crippen LogP contribution >= 0.6 is 11.6 Å². The Balaban J connectivity index is 1.96. The van der Waals surface area contributed by atoms with Gasteiger partial charge in [0.05, 0.1) is 5.02 Å². The zero-order chi connectivity index (χ0) is 17.7. The van der Waals surface area contributed by atoms with Crippen LogP contribution in [0.4, 0.5) is 5.69 Å². The van der Waals surface area contributed by atoms with Crippen molar-refractivity contribution >= 4 is 23.2 Å². The van der Waals surface area contributed by atoms with Gasteiger partial charge in [-0.15, -0.1) is 0 Å². The van der Waals surface area contributed by atoms with Crippen LogP contribution in [0.3, 0.4) is 0 Å². The highest BCUT2D eigenvalue weighted by Gasteiger charge is 2.24. The van der Waals surface area contributed by atoms with Gasteiger partial charge in [0.15, 0.2) is 0 Å². The van der Waals surface area contributed by atoms with Gasteiger partial charge in [-0.25, -0.2) is 0 Å². The third kappa shape index (κ3) is 2.51. The number of rotatable bonds is 2. The average molecular weight is 351 g/mol. The third-order valence-electron chi connectivity index (χ3n) is 4.58. The molecule has 124 valence electrons. The van der Waals surface area contributed by atoms with E-state index in [1.807, 2.05) is 24.3 Å². The number of amides is 1. The van der Waals surface area contributed by atoms with E-state index in [4.69, 9.17) is 23.1 Å². The number of hydrogen-bond donors (Lipinski definition) is 3. The van der Waals surface area contributed by atoms with Gasteiger partial charge in [0, 0.05) is 11.3 Å². The molecule has 5 N–H and O–H groups in total. The largest absolute Gasteiger partial charge is 0.506 e. The number of nitrogen functional groups attached to an aromatic ring is 1. The van der Waals surface area contributed by atoms with Crippen LogP contribution in [0, 0.1) is 0 Å². The Bertz CT molecular complexity index is 1040. The number of anilines is 1. The molecule has 0 saturated carbocycles. The molecule has 1 aliphatic carbocycles. The topological polar surface area (TPSA) is 89.3 Å². The Kier molecular flexibility index (Phi) is 3.44. The molecule has 25 heavy (non-hydrogen) atoms. The van der Waals surface area contributed by atoms with Gasteiger partial charge in [0.2, 0.25) is 5.91 Å². The summed E-state index contributed by atoms with van der Waals surface area (Å²) in [6, 6.07) is 14.5. The first kappa shape index (κ1) is 15.5. The first-order chi connectivity index (χ1) is 11.9. The Hall–Kier alpha value is -2.98. The van der Waals surface area contributed by atoms with E-state index in [9.17, 15) is 9.90 Å². The smallest absolute Gasteiger partial charge is 0.249 e. The van der Waals surface area contributed by atoms with Gasteiger partial charge < -0.3 is 16.6 Å². The van der Waals surface area contributed by atoms with E-state index in [-0.39, 0.29) is 10.8 Å². The molecule has 5 heteroatoms. The molecule has 0 bridgehead atoms. The highest BCUT2D eigenvalue weighted by atomic mass is 35.5. The zero-order valence-corrected chi connectivity index (χ0v) is 14.0. The maximum absolute atomic E-state index is 12.0. The number of benzene rings is 3. The van der Waals surface area contributed by atoms with Crippen molar-refractivity contribution in [1.29, 1.82) is 0 Å². The lowest BCUT2D eigenvalue weighted by Gasteiger charge is -2.11. The molecule has 1 aliphatic rings. The molecule has 0 unspecified atom stereocenters. The second kappa shape index (κ2) is 5.53. The van der Waals surface area contributed by atoms with Crippen molar-refractivity contribution in [3.8, 4) is 28.0 Å². The Morgan fingerprint density at radius 1 is 1.00 bits per heavy atom. The fourth-order valence-corrected chi connectivity index (χ4v) is 3.57. The van der Waals surface area contributed by atoms with Crippen LogP contribution in [0.5, 0.6) is 5.75 Å². The summed E-state index contributed by atoms with van der Waals surface area (Å²) in [7, 11) is 0. The highest BCUT2D eigenvalue weighted by Crippen LogP contribution is 2.42. The van der Waals surface area contributed by atoms with E-state index in [0.717, 1.165) is 33.4 Å². The summed E-state index contributed by atoms with van der Waals surface area (Å²) in [5, 5.41) is 9.88. The summed E-state index contributed by atoms with van der Waals surface area (Å²) in [6.45, 7) is 0. The summed E-state index contributed by atoms with van der Waals surface area (Å²) in [5.41, 5.74) is 18.3. The number of fused-ring (bicyclic) bond motifs is 3. The van der Waals surface area contributed by atoms with Gasteiger partial charge >= 0.3 is 0 Å².